The minimum Gasteiger partial charge on any atom is -0.338 e. The van der Waals surface area contributed by atoms with Crippen LogP contribution in [0, 0.1) is 11.8 Å². The van der Waals surface area contributed by atoms with Gasteiger partial charge in [-0.05, 0) is 31.4 Å². The van der Waals surface area contributed by atoms with Crippen molar-refractivity contribution >= 4 is 11.9 Å². The summed E-state index contributed by atoms with van der Waals surface area (Å²) >= 11 is 0. The largest absolute Gasteiger partial charge is 0.338 e. The molecule has 0 fully saturated rings. The van der Waals surface area contributed by atoms with Crippen LogP contribution in [0.1, 0.15) is 50.9 Å². The molecule has 1 aromatic heterocycles. The summed E-state index contributed by atoms with van der Waals surface area (Å²) in [5, 5.41) is 1.10. The minimum atomic E-state index is -0.349. The van der Waals surface area contributed by atoms with Crippen molar-refractivity contribution in [3.05, 3.63) is 30.1 Å². The van der Waals surface area contributed by atoms with Crippen molar-refractivity contribution in [3.63, 3.8) is 0 Å². The zero-order valence-electron chi connectivity index (χ0n) is 13.2. The van der Waals surface area contributed by atoms with Crippen molar-refractivity contribution < 1.29 is 14.4 Å². The summed E-state index contributed by atoms with van der Waals surface area (Å²) in [6, 6.07) is 3.33. The summed E-state index contributed by atoms with van der Waals surface area (Å²) in [6.07, 6.45) is 4.72. The average molecular weight is 292 g/mol. The highest BCUT2D eigenvalue weighted by Crippen LogP contribution is 2.19. The maximum atomic E-state index is 12.3. The van der Waals surface area contributed by atoms with E-state index in [1.54, 1.807) is 25.3 Å². The number of hydroxylamine groups is 2. The fourth-order valence-electron chi connectivity index (χ4n) is 2.09. The summed E-state index contributed by atoms with van der Waals surface area (Å²) in [7, 11) is 0. The summed E-state index contributed by atoms with van der Waals surface area (Å²) in [6.45, 7) is 8.07. The van der Waals surface area contributed by atoms with Crippen LogP contribution in [0.4, 0.5) is 0 Å². The molecule has 0 radical (unpaired) electrons. The SMILES string of the molecule is CCCC(C(=O)ON(CC)C(=O)c1cccnc1)C(C)C. The van der Waals surface area contributed by atoms with Crippen LogP contribution in [0.3, 0.4) is 0 Å². The maximum Gasteiger partial charge on any atom is 0.335 e. The number of pyridine rings is 1. The van der Waals surface area contributed by atoms with Crippen molar-refractivity contribution in [2.75, 3.05) is 6.54 Å². The molecule has 0 bridgehead atoms. The number of rotatable bonds is 6. The van der Waals surface area contributed by atoms with Gasteiger partial charge < -0.3 is 4.84 Å². The number of hydrogen-bond donors (Lipinski definition) is 0. The number of nitrogens with zero attached hydrogens (tertiary/aromatic N) is 2. The van der Waals surface area contributed by atoms with E-state index in [1.165, 1.54) is 6.20 Å². The molecule has 0 saturated carbocycles. The first kappa shape index (κ1) is 17.1. The van der Waals surface area contributed by atoms with E-state index in [0.29, 0.717) is 12.1 Å². The van der Waals surface area contributed by atoms with Crippen LogP contribution >= 0.6 is 0 Å². The molecule has 1 heterocycles. The van der Waals surface area contributed by atoms with Gasteiger partial charge in [0.15, 0.2) is 0 Å². The van der Waals surface area contributed by atoms with Gasteiger partial charge in [-0.1, -0.05) is 27.2 Å². The molecular weight excluding hydrogens is 268 g/mol. The maximum absolute atomic E-state index is 12.3. The Morgan fingerprint density at radius 1 is 1.33 bits per heavy atom. The van der Waals surface area contributed by atoms with E-state index in [0.717, 1.165) is 17.9 Å². The van der Waals surface area contributed by atoms with Crippen LogP contribution in [0.5, 0.6) is 0 Å². The Balaban J connectivity index is 2.77. The van der Waals surface area contributed by atoms with Crippen molar-refractivity contribution in [1.29, 1.82) is 0 Å². The van der Waals surface area contributed by atoms with Gasteiger partial charge in [-0.2, -0.15) is 5.06 Å². The van der Waals surface area contributed by atoms with Crippen LogP contribution in [-0.4, -0.2) is 28.5 Å². The third kappa shape index (κ3) is 4.85. The van der Waals surface area contributed by atoms with Crippen LogP contribution < -0.4 is 0 Å². The van der Waals surface area contributed by atoms with E-state index < -0.39 is 0 Å². The summed E-state index contributed by atoms with van der Waals surface area (Å²) in [5.41, 5.74) is 0.406. The van der Waals surface area contributed by atoms with E-state index in [1.807, 2.05) is 20.8 Å². The predicted molar refractivity (Wildman–Crippen MR) is 80.3 cm³/mol. The third-order valence-corrected chi connectivity index (χ3v) is 3.33. The molecule has 21 heavy (non-hydrogen) atoms. The average Bonchev–Trinajstić information content (AvgIpc) is 2.49. The number of amides is 1. The van der Waals surface area contributed by atoms with Crippen LogP contribution in [0.15, 0.2) is 24.5 Å². The van der Waals surface area contributed by atoms with Gasteiger partial charge in [-0.25, -0.2) is 4.79 Å². The normalized spacial score (nSPS) is 12.0. The summed E-state index contributed by atoms with van der Waals surface area (Å²) < 4.78 is 0. The topological polar surface area (TPSA) is 59.5 Å². The second kappa shape index (κ2) is 8.39. The van der Waals surface area contributed by atoms with Crippen LogP contribution in [0.2, 0.25) is 0 Å². The second-order valence-corrected chi connectivity index (χ2v) is 5.29. The highest BCUT2D eigenvalue weighted by Gasteiger charge is 2.27. The van der Waals surface area contributed by atoms with Crippen LogP contribution in [0.25, 0.3) is 0 Å². The number of carbonyl (C=O) groups excluding carboxylic acids is 2. The molecule has 1 aromatic rings. The second-order valence-electron chi connectivity index (χ2n) is 5.29. The van der Waals surface area contributed by atoms with Gasteiger partial charge in [0.2, 0.25) is 0 Å². The van der Waals surface area contributed by atoms with Gasteiger partial charge in [0.05, 0.1) is 18.0 Å². The molecule has 1 amide bonds. The Hall–Kier alpha value is -1.91. The molecule has 0 aromatic carbocycles. The zero-order valence-corrected chi connectivity index (χ0v) is 13.2. The van der Waals surface area contributed by atoms with E-state index in [2.05, 4.69) is 4.98 Å². The van der Waals surface area contributed by atoms with Crippen molar-refractivity contribution in [2.24, 2.45) is 11.8 Å². The molecule has 0 aliphatic rings. The molecular formula is C16H24N2O3. The van der Waals surface area contributed by atoms with Gasteiger partial charge in [0.25, 0.3) is 5.91 Å². The van der Waals surface area contributed by atoms with Gasteiger partial charge >= 0.3 is 5.97 Å². The molecule has 1 rings (SSSR count). The van der Waals surface area contributed by atoms with Gasteiger partial charge in [-0.15, -0.1) is 0 Å². The van der Waals surface area contributed by atoms with Gasteiger partial charge in [0.1, 0.15) is 0 Å². The van der Waals surface area contributed by atoms with Crippen LogP contribution in [-0.2, 0) is 9.63 Å². The smallest absolute Gasteiger partial charge is 0.335 e. The van der Waals surface area contributed by atoms with E-state index in [4.69, 9.17) is 4.84 Å². The van der Waals surface area contributed by atoms with Crippen molar-refractivity contribution in [2.45, 2.75) is 40.5 Å². The number of aromatic nitrogens is 1. The molecule has 0 aliphatic carbocycles. The Morgan fingerprint density at radius 3 is 2.52 bits per heavy atom. The van der Waals surface area contributed by atoms with Gasteiger partial charge in [0, 0.05) is 12.4 Å². The molecule has 0 aliphatic heterocycles. The Labute approximate surface area is 126 Å². The molecule has 1 atom stereocenters. The third-order valence-electron chi connectivity index (χ3n) is 3.33. The lowest BCUT2D eigenvalue weighted by atomic mass is 9.92. The van der Waals surface area contributed by atoms with Crippen molar-refractivity contribution in [3.8, 4) is 0 Å². The quantitative estimate of drug-likeness (QED) is 0.756. The lowest BCUT2D eigenvalue weighted by Crippen LogP contribution is -2.36. The lowest BCUT2D eigenvalue weighted by molar-refractivity contribution is -0.184. The first-order valence-corrected chi connectivity index (χ1v) is 7.44. The van der Waals surface area contributed by atoms with Gasteiger partial charge in [-0.3, -0.25) is 9.78 Å². The molecule has 0 spiro atoms. The summed E-state index contributed by atoms with van der Waals surface area (Å²) in [4.78, 5) is 33.7. The number of carbonyl (C=O) groups is 2. The minimum absolute atomic E-state index is 0.185. The highest BCUT2D eigenvalue weighted by atomic mass is 16.7. The molecule has 5 nitrogen and oxygen atoms in total. The highest BCUT2D eigenvalue weighted by molar-refractivity contribution is 5.93. The first-order chi connectivity index (χ1) is 10.0. The zero-order chi connectivity index (χ0) is 15.8. The number of hydrogen-bond acceptors (Lipinski definition) is 4. The Kier molecular flexibility index (Phi) is 6.85. The molecule has 0 saturated heterocycles. The molecule has 1 unspecified atom stereocenters. The van der Waals surface area contributed by atoms with Crippen molar-refractivity contribution in [1.82, 2.24) is 10.0 Å². The first-order valence-electron chi connectivity index (χ1n) is 7.44. The lowest BCUT2D eigenvalue weighted by Gasteiger charge is -2.24. The fourth-order valence-corrected chi connectivity index (χ4v) is 2.09. The molecule has 0 N–H and O–H groups in total. The van der Waals surface area contributed by atoms with E-state index in [9.17, 15) is 9.59 Å². The predicted octanol–water partition coefficient (Wildman–Crippen LogP) is 3.07. The Bertz CT molecular complexity index is 460. The van der Waals surface area contributed by atoms with E-state index >= 15 is 0 Å². The Morgan fingerprint density at radius 2 is 2.05 bits per heavy atom. The standard InChI is InChI=1S/C16H24N2O3/c1-5-8-14(12(3)4)16(20)21-18(6-2)15(19)13-9-7-10-17-11-13/h7,9-12,14H,5-6,8H2,1-4H3. The molecule has 5 heteroatoms. The monoisotopic (exact) mass is 292 g/mol. The summed E-state index contributed by atoms with van der Waals surface area (Å²) in [5.74, 6) is -0.695. The molecule has 116 valence electrons. The fraction of sp³-hybridized carbons (Fsp3) is 0.562. The van der Waals surface area contributed by atoms with E-state index in [-0.39, 0.29) is 23.7 Å².